The van der Waals surface area contributed by atoms with E-state index in [1.807, 2.05) is 19.2 Å². The molecule has 0 spiro atoms. The zero-order valence-electron chi connectivity index (χ0n) is 9.86. The van der Waals surface area contributed by atoms with E-state index >= 15 is 0 Å². The zero-order chi connectivity index (χ0) is 12.1. The van der Waals surface area contributed by atoms with Crippen LogP contribution >= 0.6 is 23.5 Å². The van der Waals surface area contributed by atoms with E-state index in [4.69, 9.17) is 0 Å². The number of nitrogens with zero attached hydrogens (tertiary/aromatic N) is 1. The standard InChI is InChI=1S/C14H13NS2/c1-3-4-9-17-14-11-7-5-6-8-12(11)15-10-13(14)16-2/h5-8,10H,9H2,1-2H3. The molecule has 0 aliphatic heterocycles. The number of hydrogen-bond donors (Lipinski definition) is 0. The lowest BCUT2D eigenvalue weighted by molar-refractivity contribution is 1.20. The van der Waals surface area contributed by atoms with Crippen LogP contribution in [-0.2, 0) is 0 Å². The molecule has 86 valence electrons. The van der Waals surface area contributed by atoms with Crippen molar-refractivity contribution in [2.24, 2.45) is 0 Å². The maximum atomic E-state index is 4.47. The van der Waals surface area contributed by atoms with E-state index in [0.717, 1.165) is 11.3 Å². The molecule has 2 aromatic rings. The minimum Gasteiger partial charge on any atom is -0.255 e. The van der Waals surface area contributed by atoms with Crippen molar-refractivity contribution >= 4 is 34.4 Å². The van der Waals surface area contributed by atoms with Gasteiger partial charge in [-0.3, -0.25) is 4.98 Å². The summed E-state index contributed by atoms with van der Waals surface area (Å²) in [7, 11) is 0. The largest absolute Gasteiger partial charge is 0.255 e. The van der Waals surface area contributed by atoms with E-state index in [-0.39, 0.29) is 0 Å². The van der Waals surface area contributed by atoms with E-state index in [1.165, 1.54) is 15.2 Å². The van der Waals surface area contributed by atoms with E-state index in [1.54, 1.807) is 23.5 Å². The van der Waals surface area contributed by atoms with Crippen LogP contribution in [0.3, 0.4) is 0 Å². The first-order chi connectivity index (χ1) is 8.36. The third-order valence-electron chi connectivity index (χ3n) is 2.38. The minimum atomic E-state index is 0.831. The van der Waals surface area contributed by atoms with Crippen LogP contribution in [-0.4, -0.2) is 17.0 Å². The molecule has 0 aliphatic rings. The summed E-state index contributed by atoms with van der Waals surface area (Å²) in [5.41, 5.74) is 1.05. The van der Waals surface area contributed by atoms with Crippen LogP contribution < -0.4 is 0 Å². The highest BCUT2D eigenvalue weighted by molar-refractivity contribution is 8.02. The molecule has 1 nitrogen and oxygen atoms in total. The van der Waals surface area contributed by atoms with Crippen LogP contribution in [0, 0.1) is 11.8 Å². The summed E-state index contributed by atoms with van der Waals surface area (Å²) >= 11 is 3.53. The molecule has 0 radical (unpaired) electrons. The molecule has 0 saturated carbocycles. The van der Waals surface area contributed by atoms with Gasteiger partial charge in [0, 0.05) is 21.4 Å². The van der Waals surface area contributed by atoms with Crippen molar-refractivity contribution in [3.05, 3.63) is 30.5 Å². The Morgan fingerprint density at radius 2 is 2.12 bits per heavy atom. The third kappa shape index (κ3) is 2.77. The molecule has 0 aliphatic carbocycles. The van der Waals surface area contributed by atoms with Crippen LogP contribution in [0.2, 0.25) is 0 Å². The fourth-order valence-electron chi connectivity index (χ4n) is 1.57. The van der Waals surface area contributed by atoms with Crippen molar-refractivity contribution in [2.45, 2.75) is 16.7 Å². The summed E-state index contributed by atoms with van der Waals surface area (Å²) < 4.78 is 0. The highest BCUT2D eigenvalue weighted by Gasteiger charge is 2.07. The smallest absolute Gasteiger partial charge is 0.0714 e. The second kappa shape index (κ2) is 6.00. The number of pyridine rings is 1. The Balaban J connectivity index is 2.49. The highest BCUT2D eigenvalue weighted by Crippen LogP contribution is 2.34. The first kappa shape index (κ1) is 12.3. The van der Waals surface area contributed by atoms with Crippen molar-refractivity contribution in [1.82, 2.24) is 4.98 Å². The maximum absolute atomic E-state index is 4.47. The molecule has 0 atom stereocenters. The van der Waals surface area contributed by atoms with Crippen molar-refractivity contribution in [3.8, 4) is 11.8 Å². The number of rotatable bonds is 3. The summed E-state index contributed by atoms with van der Waals surface area (Å²) in [6, 6.07) is 8.26. The van der Waals surface area contributed by atoms with E-state index in [0.29, 0.717) is 0 Å². The average Bonchev–Trinajstić information content (AvgIpc) is 2.39. The molecule has 1 heterocycles. The van der Waals surface area contributed by atoms with Crippen LogP contribution in [0.25, 0.3) is 10.9 Å². The normalized spacial score (nSPS) is 10.0. The van der Waals surface area contributed by atoms with Gasteiger partial charge in [0.15, 0.2) is 0 Å². The molecule has 1 aromatic carbocycles. The Morgan fingerprint density at radius 3 is 2.88 bits per heavy atom. The summed E-state index contributed by atoms with van der Waals surface area (Å²) in [6.07, 6.45) is 4.04. The van der Waals surface area contributed by atoms with Crippen LogP contribution in [0.15, 0.2) is 40.3 Å². The first-order valence-corrected chi connectivity index (χ1v) is 7.52. The first-order valence-electron chi connectivity index (χ1n) is 5.31. The fraction of sp³-hybridized carbons (Fsp3) is 0.214. The van der Waals surface area contributed by atoms with Gasteiger partial charge in [0.2, 0.25) is 0 Å². The quantitative estimate of drug-likeness (QED) is 0.609. The topological polar surface area (TPSA) is 12.9 Å². The highest BCUT2D eigenvalue weighted by atomic mass is 32.2. The van der Waals surface area contributed by atoms with Gasteiger partial charge in [-0.05, 0) is 19.2 Å². The lowest BCUT2D eigenvalue weighted by Gasteiger charge is -2.08. The Morgan fingerprint density at radius 1 is 1.29 bits per heavy atom. The molecule has 3 heteroatoms. The average molecular weight is 259 g/mol. The van der Waals surface area contributed by atoms with Crippen LogP contribution in [0.1, 0.15) is 6.92 Å². The molecule has 0 bridgehead atoms. The van der Waals surface area contributed by atoms with E-state index in [2.05, 4.69) is 41.3 Å². The Hall–Kier alpha value is -1.11. The molecule has 0 unspecified atom stereocenters. The molecule has 0 N–H and O–H groups in total. The Bertz CT molecular complexity index is 582. The summed E-state index contributed by atoms with van der Waals surface area (Å²) in [5, 5.41) is 1.22. The van der Waals surface area contributed by atoms with Crippen molar-refractivity contribution in [1.29, 1.82) is 0 Å². The van der Waals surface area contributed by atoms with Gasteiger partial charge in [0.25, 0.3) is 0 Å². The van der Waals surface area contributed by atoms with Crippen LogP contribution in [0.5, 0.6) is 0 Å². The third-order valence-corrected chi connectivity index (χ3v) is 4.27. The number of aromatic nitrogens is 1. The predicted octanol–water partition coefficient (Wildman–Crippen LogP) is 4.07. The van der Waals surface area contributed by atoms with Gasteiger partial charge >= 0.3 is 0 Å². The van der Waals surface area contributed by atoms with Gasteiger partial charge < -0.3 is 0 Å². The lowest BCUT2D eigenvalue weighted by atomic mass is 10.2. The van der Waals surface area contributed by atoms with Crippen molar-refractivity contribution < 1.29 is 0 Å². The van der Waals surface area contributed by atoms with E-state index < -0.39 is 0 Å². The number of hydrogen-bond acceptors (Lipinski definition) is 3. The predicted molar refractivity (Wildman–Crippen MR) is 77.7 cm³/mol. The van der Waals surface area contributed by atoms with Gasteiger partial charge in [-0.15, -0.1) is 29.4 Å². The second-order valence-electron chi connectivity index (χ2n) is 3.39. The molecule has 1 aromatic heterocycles. The van der Waals surface area contributed by atoms with Crippen LogP contribution in [0.4, 0.5) is 0 Å². The Kier molecular flexibility index (Phi) is 4.36. The second-order valence-corrected chi connectivity index (χ2v) is 5.22. The van der Waals surface area contributed by atoms with Crippen molar-refractivity contribution in [2.75, 3.05) is 12.0 Å². The summed E-state index contributed by atoms with van der Waals surface area (Å²) in [5.74, 6) is 6.86. The van der Waals surface area contributed by atoms with Gasteiger partial charge in [-0.25, -0.2) is 0 Å². The van der Waals surface area contributed by atoms with Crippen molar-refractivity contribution in [3.63, 3.8) is 0 Å². The van der Waals surface area contributed by atoms with Gasteiger partial charge in [0.05, 0.1) is 11.3 Å². The SMILES string of the molecule is CC#CCSc1c(SC)cnc2ccccc12. The Labute approximate surface area is 110 Å². The molecular formula is C14H13NS2. The monoisotopic (exact) mass is 259 g/mol. The zero-order valence-corrected chi connectivity index (χ0v) is 11.5. The lowest BCUT2D eigenvalue weighted by Crippen LogP contribution is -1.86. The molecular weight excluding hydrogens is 246 g/mol. The number of para-hydroxylation sites is 1. The summed E-state index contributed by atoms with van der Waals surface area (Å²) in [4.78, 5) is 7.00. The molecule has 17 heavy (non-hydrogen) atoms. The molecule has 0 saturated heterocycles. The minimum absolute atomic E-state index is 0.831. The fourth-order valence-corrected chi connectivity index (χ4v) is 3.34. The van der Waals surface area contributed by atoms with Gasteiger partial charge in [0.1, 0.15) is 0 Å². The number of benzene rings is 1. The van der Waals surface area contributed by atoms with Gasteiger partial charge in [-0.2, -0.15) is 0 Å². The van der Waals surface area contributed by atoms with E-state index in [9.17, 15) is 0 Å². The number of fused-ring (bicyclic) bond motifs is 1. The maximum Gasteiger partial charge on any atom is 0.0714 e. The molecule has 2 rings (SSSR count). The summed E-state index contributed by atoms with van der Waals surface area (Å²) in [6.45, 7) is 1.88. The molecule has 0 fully saturated rings. The van der Waals surface area contributed by atoms with Gasteiger partial charge in [-0.1, -0.05) is 24.1 Å². The number of thioether (sulfide) groups is 2. The molecule has 0 amide bonds.